The van der Waals surface area contributed by atoms with Crippen molar-refractivity contribution < 1.29 is 32.9 Å². The number of phosphoric acid groups is 1. The lowest BCUT2D eigenvalue weighted by molar-refractivity contribution is -0.870. The molecule has 0 heterocycles. The Kier molecular flexibility index (Phi) is 45.9. The van der Waals surface area contributed by atoms with E-state index in [1.807, 2.05) is 34.1 Å². The van der Waals surface area contributed by atoms with Gasteiger partial charge in [0.15, 0.2) is 0 Å². The number of carbonyl (C=O) groups excluding carboxylic acids is 1. The number of quaternary nitrogens is 1. The van der Waals surface area contributed by atoms with Crippen LogP contribution >= 0.6 is 7.82 Å². The normalized spacial score (nSPS) is 14.3. The van der Waals surface area contributed by atoms with Crippen molar-refractivity contribution in [3.05, 3.63) is 36.5 Å². The quantitative estimate of drug-likeness (QED) is 0.0243. The van der Waals surface area contributed by atoms with Gasteiger partial charge < -0.3 is 19.8 Å². The third kappa shape index (κ3) is 48.6. The van der Waals surface area contributed by atoms with Crippen LogP contribution in [-0.4, -0.2) is 73.4 Å². The molecule has 3 unspecified atom stereocenters. The molecule has 9 heteroatoms. The number of rotatable bonds is 50. The van der Waals surface area contributed by atoms with E-state index in [2.05, 4.69) is 36.5 Å². The Hall–Kier alpha value is -1.28. The van der Waals surface area contributed by atoms with Crippen LogP contribution in [0, 0.1) is 0 Å². The standard InChI is InChI=1S/C55H107N2O6P/c1-6-8-10-11-12-13-14-15-16-17-18-19-20-21-22-23-24-25-26-27-28-29-30-31-32-33-34-35-36-37-38-39-40-41-42-43-44-45-47-49-55(59)56-53(54(58)48-46-9-7-2)52-63-64(60,61)62-51-50-57(3,4)5/h14-15,17-18,46,48,53-54,58H,6-13,16,19-45,47,49-52H2,1-5H3,(H-,56,59,60,61)/p+1/b15-14-,18-17-,48-46+. The number of allylic oxidation sites excluding steroid dienone is 5. The van der Waals surface area contributed by atoms with E-state index in [-0.39, 0.29) is 19.1 Å². The van der Waals surface area contributed by atoms with Gasteiger partial charge in [-0.05, 0) is 44.9 Å². The van der Waals surface area contributed by atoms with Crippen molar-refractivity contribution in [2.24, 2.45) is 0 Å². The van der Waals surface area contributed by atoms with Crippen molar-refractivity contribution >= 4 is 13.7 Å². The van der Waals surface area contributed by atoms with Gasteiger partial charge in [0.1, 0.15) is 13.2 Å². The zero-order valence-electron chi connectivity index (χ0n) is 43.0. The van der Waals surface area contributed by atoms with Crippen molar-refractivity contribution in [1.29, 1.82) is 0 Å². The van der Waals surface area contributed by atoms with Crippen LogP contribution in [0.4, 0.5) is 0 Å². The Morgan fingerprint density at radius 3 is 1.31 bits per heavy atom. The molecule has 3 N–H and O–H groups in total. The molecule has 378 valence electrons. The third-order valence-corrected chi connectivity index (χ3v) is 13.3. The average Bonchev–Trinajstić information content (AvgIpc) is 3.25. The molecule has 0 spiro atoms. The Morgan fingerprint density at radius 2 is 0.922 bits per heavy atom. The molecule has 0 aromatic carbocycles. The largest absolute Gasteiger partial charge is 0.472 e. The molecule has 0 saturated heterocycles. The van der Waals surface area contributed by atoms with Crippen molar-refractivity contribution in [2.75, 3.05) is 40.9 Å². The molecule has 0 rings (SSSR count). The smallest absolute Gasteiger partial charge is 0.387 e. The number of nitrogens with zero attached hydrogens (tertiary/aromatic N) is 1. The Balaban J connectivity index is 3.59. The first kappa shape index (κ1) is 62.7. The topological polar surface area (TPSA) is 105 Å². The van der Waals surface area contributed by atoms with Gasteiger partial charge in [-0.15, -0.1) is 0 Å². The van der Waals surface area contributed by atoms with E-state index in [1.54, 1.807) is 6.08 Å². The molecule has 0 aromatic rings. The zero-order chi connectivity index (χ0) is 47.1. The molecular formula is C55H108N2O6P+. The Labute approximate surface area is 397 Å². The van der Waals surface area contributed by atoms with Crippen LogP contribution in [0.5, 0.6) is 0 Å². The highest BCUT2D eigenvalue weighted by molar-refractivity contribution is 7.47. The predicted molar refractivity (Wildman–Crippen MR) is 277 cm³/mol. The lowest BCUT2D eigenvalue weighted by atomic mass is 10.0. The first-order chi connectivity index (χ1) is 31.0. The lowest BCUT2D eigenvalue weighted by Gasteiger charge is -2.25. The average molecular weight is 924 g/mol. The van der Waals surface area contributed by atoms with E-state index >= 15 is 0 Å². The van der Waals surface area contributed by atoms with Crippen LogP contribution in [-0.2, 0) is 18.4 Å². The molecule has 0 saturated carbocycles. The fourth-order valence-corrected chi connectivity index (χ4v) is 8.76. The summed E-state index contributed by atoms with van der Waals surface area (Å²) in [5, 5.41) is 13.5. The molecule has 0 fully saturated rings. The monoisotopic (exact) mass is 924 g/mol. The van der Waals surface area contributed by atoms with Crippen LogP contribution in [0.1, 0.15) is 258 Å². The number of aliphatic hydroxyl groups excluding tert-OH is 1. The maximum atomic E-state index is 12.7. The van der Waals surface area contributed by atoms with Crippen LogP contribution in [0.15, 0.2) is 36.5 Å². The number of unbranched alkanes of at least 4 members (excludes halogenated alkanes) is 33. The lowest BCUT2D eigenvalue weighted by Crippen LogP contribution is -2.45. The molecule has 0 bridgehead atoms. The second-order valence-corrected chi connectivity index (χ2v) is 21.4. The zero-order valence-corrected chi connectivity index (χ0v) is 43.9. The fraction of sp³-hybridized carbons (Fsp3) is 0.873. The highest BCUT2D eigenvalue weighted by Crippen LogP contribution is 2.43. The number of hydrogen-bond donors (Lipinski definition) is 3. The third-order valence-electron chi connectivity index (χ3n) is 12.3. The summed E-state index contributed by atoms with van der Waals surface area (Å²) in [5.74, 6) is -0.185. The minimum Gasteiger partial charge on any atom is -0.387 e. The number of aliphatic hydroxyl groups is 1. The molecule has 0 aromatic heterocycles. The van der Waals surface area contributed by atoms with Crippen LogP contribution in [0.3, 0.4) is 0 Å². The SMILES string of the molecule is CCC/C=C/C(O)C(COP(=O)(O)OCC[N+](C)(C)C)NC(=O)CCCCCCCCCCCCCCCCCCCCCCCCCCCCC/C=C\C/C=C\CCCCCCC. The van der Waals surface area contributed by atoms with Gasteiger partial charge in [0.05, 0.1) is 39.9 Å². The minimum absolute atomic E-state index is 0.0613. The second kappa shape index (κ2) is 46.8. The Morgan fingerprint density at radius 1 is 0.531 bits per heavy atom. The maximum absolute atomic E-state index is 12.7. The van der Waals surface area contributed by atoms with E-state index < -0.39 is 20.0 Å². The van der Waals surface area contributed by atoms with Crippen LogP contribution in [0.2, 0.25) is 0 Å². The van der Waals surface area contributed by atoms with E-state index in [0.29, 0.717) is 17.4 Å². The second-order valence-electron chi connectivity index (χ2n) is 20.0. The molecule has 0 aliphatic heterocycles. The fourth-order valence-electron chi connectivity index (χ4n) is 8.02. The number of phosphoric ester groups is 1. The molecular weight excluding hydrogens is 816 g/mol. The van der Waals surface area contributed by atoms with Gasteiger partial charge >= 0.3 is 7.82 Å². The summed E-state index contributed by atoms with van der Waals surface area (Å²) in [7, 11) is 1.57. The first-order valence-electron chi connectivity index (χ1n) is 27.4. The van der Waals surface area contributed by atoms with Gasteiger partial charge in [0.25, 0.3) is 0 Å². The van der Waals surface area contributed by atoms with Gasteiger partial charge in [-0.2, -0.15) is 0 Å². The van der Waals surface area contributed by atoms with E-state index in [4.69, 9.17) is 9.05 Å². The molecule has 0 aliphatic carbocycles. The summed E-state index contributed by atoms with van der Waals surface area (Å²) in [6, 6.07) is -0.839. The minimum atomic E-state index is -4.31. The van der Waals surface area contributed by atoms with Crippen LogP contribution < -0.4 is 5.32 Å². The van der Waals surface area contributed by atoms with E-state index in [9.17, 15) is 19.4 Å². The van der Waals surface area contributed by atoms with Crippen molar-refractivity contribution in [3.63, 3.8) is 0 Å². The molecule has 0 aliphatic rings. The summed E-state index contributed by atoms with van der Waals surface area (Å²) < 4.78 is 23.3. The number of nitrogens with one attached hydrogen (secondary N) is 1. The van der Waals surface area contributed by atoms with Gasteiger partial charge in [0.2, 0.25) is 5.91 Å². The summed E-state index contributed by atoms with van der Waals surface area (Å²) in [6.07, 6.45) is 60.9. The highest BCUT2D eigenvalue weighted by Gasteiger charge is 2.27. The van der Waals surface area contributed by atoms with Gasteiger partial charge in [0, 0.05) is 6.42 Å². The first-order valence-corrected chi connectivity index (χ1v) is 28.9. The highest BCUT2D eigenvalue weighted by atomic mass is 31.2. The van der Waals surface area contributed by atoms with E-state index in [0.717, 1.165) is 38.5 Å². The summed E-state index contributed by atoms with van der Waals surface area (Å²) in [4.78, 5) is 22.8. The molecule has 8 nitrogen and oxygen atoms in total. The molecule has 3 atom stereocenters. The number of carbonyl (C=O) groups is 1. The Bertz CT molecular complexity index is 1140. The predicted octanol–water partition coefficient (Wildman–Crippen LogP) is 16.2. The van der Waals surface area contributed by atoms with Crippen molar-refractivity contribution in [3.8, 4) is 0 Å². The van der Waals surface area contributed by atoms with Crippen molar-refractivity contribution in [2.45, 2.75) is 270 Å². The maximum Gasteiger partial charge on any atom is 0.472 e. The number of hydrogen-bond acceptors (Lipinski definition) is 5. The number of likely N-dealkylation sites (N-methyl/N-ethyl adjacent to an activating group) is 1. The van der Waals surface area contributed by atoms with Crippen LogP contribution in [0.25, 0.3) is 0 Å². The number of amides is 1. The molecule has 0 radical (unpaired) electrons. The molecule has 64 heavy (non-hydrogen) atoms. The van der Waals surface area contributed by atoms with Gasteiger partial charge in [-0.25, -0.2) is 4.57 Å². The van der Waals surface area contributed by atoms with Crippen molar-refractivity contribution in [1.82, 2.24) is 5.32 Å². The van der Waals surface area contributed by atoms with Gasteiger partial charge in [-0.1, -0.05) is 243 Å². The summed E-state index contributed by atoms with van der Waals surface area (Å²) >= 11 is 0. The van der Waals surface area contributed by atoms with E-state index in [1.165, 1.54) is 199 Å². The summed E-state index contributed by atoms with van der Waals surface area (Å²) in [6.45, 7) is 4.60. The molecule has 1 amide bonds. The summed E-state index contributed by atoms with van der Waals surface area (Å²) in [5.41, 5.74) is 0. The van der Waals surface area contributed by atoms with Gasteiger partial charge in [-0.3, -0.25) is 13.8 Å².